The quantitative estimate of drug-likeness (QED) is 0.842. The minimum absolute atomic E-state index is 0.191. The number of pyridine rings is 1. The van der Waals surface area contributed by atoms with Gasteiger partial charge in [-0.3, -0.25) is 9.78 Å². The van der Waals surface area contributed by atoms with Crippen LogP contribution in [0.3, 0.4) is 0 Å². The van der Waals surface area contributed by atoms with E-state index in [4.69, 9.17) is 0 Å². The molecule has 0 radical (unpaired) electrons. The van der Waals surface area contributed by atoms with Crippen LogP contribution in [0, 0.1) is 11.8 Å². The Morgan fingerprint density at radius 2 is 2.14 bits per heavy atom. The smallest absolute Gasteiger partial charge is 0.225 e. The molecule has 0 bridgehead atoms. The standard InChI is InChI=1S/C19H28N2O/c1-15(12-16-6-2-3-7-16)19(22)21-11-5-9-18(14-21)17-8-4-10-20-13-17/h4,8,10,13,15-16,18H,2-3,5-7,9,11-12,14H2,1H3. The molecule has 0 N–H and O–H groups in total. The second kappa shape index (κ2) is 7.26. The summed E-state index contributed by atoms with van der Waals surface area (Å²) in [6.45, 7) is 3.94. The molecular formula is C19H28N2O. The Morgan fingerprint density at radius 1 is 1.32 bits per heavy atom. The Morgan fingerprint density at radius 3 is 2.86 bits per heavy atom. The first-order valence-electron chi connectivity index (χ1n) is 8.92. The number of likely N-dealkylation sites (tertiary alicyclic amines) is 1. The normalized spacial score (nSPS) is 24.4. The first-order chi connectivity index (χ1) is 10.7. The second-order valence-corrected chi connectivity index (χ2v) is 7.20. The summed E-state index contributed by atoms with van der Waals surface area (Å²) in [6.07, 6.45) is 12.5. The molecule has 0 aromatic carbocycles. The van der Waals surface area contributed by atoms with Gasteiger partial charge in [-0.25, -0.2) is 0 Å². The van der Waals surface area contributed by atoms with Gasteiger partial charge in [0.1, 0.15) is 0 Å². The van der Waals surface area contributed by atoms with Gasteiger partial charge in [-0.05, 0) is 36.8 Å². The van der Waals surface area contributed by atoms with E-state index in [0.717, 1.165) is 31.8 Å². The van der Waals surface area contributed by atoms with Crippen molar-refractivity contribution in [2.24, 2.45) is 11.8 Å². The number of amides is 1. The Labute approximate surface area is 134 Å². The molecule has 2 heterocycles. The highest BCUT2D eigenvalue weighted by Gasteiger charge is 2.29. The van der Waals surface area contributed by atoms with Crippen LogP contribution in [-0.4, -0.2) is 28.9 Å². The lowest BCUT2D eigenvalue weighted by Crippen LogP contribution is -2.42. The molecule has 1 aromatic heterocycles. The molecule has 2 atom stereocenters. The number of piperidine rings is 1. The van der Waals surface area contributed by atoms with Crippen molar-refractivity contribution in [3.05, 3.63) is 30.1 Å². The lowest BCUT2D eigenvalue weighted by Gasteiger charge is -2.35. The topological polar surface area (TPSA) is 33.2 Å². The van der Waals surface area contributed by atoms with Gasteiger partial charge >= 0.3 is 0 Å². The summed E-state index contributed by atoms with van der Waals surface area (Å²) in [5.74, 6) is 1.82. The van der Waals surface area contributed by atoms with Crippen LogP contribution in [-0.2, 0) is 4.79 Å². The maximum Gasteiger partial charge on any atom is 0.225 e. The highest BCUT2D eigenvalue weighted by atomic mass is 16.2. The maximum absolute atomic E-state index is 12.8. The van der Waals surface area contributed by atoms with Crippen LogP contribution in [0.5, 0.6) is 0 Å². The predicted molar refractivity (Wildman–Crippen MR) is 88.5 cm³/mol. The van der Waals surface area contributed by atoms with Crippen LogP contribution >= 0.6 is 0 Å². The van der Waals surface area contributed by atoms with Gasteiger partial charge < -0.3 is 4.90 Å². The maximum atomic E-state index is 12.8. The molecule has 3 heteroatoms. The molecular weight excluding hydrogens is 272 g/mol. The zero-order valence-electron chi connectivity index (χ0n) is 13.7. The van der Waals surface area contributed by atoms with E-state index < -0.39 is 0 Å². The number of hydrogen-bond acceptors (Lipinski definition) is 2. The van der Waals surface area contributed by atoms with Gasteiger partial charge in [-0.1, -0.05) is 38.7 Å². The Balaban J connectivity index is 1.57. The van der Waals surface area contributed by atoms with Crippen molar-refractivity contribution in [3.63, 3.8) is 0 Å². The summed E-state index contributed by atoms with van der Waals surface area (Å²) in [7, 11) is 0. The van der Waals surface area contributed by atoms with Crippen molar-refractivity contribution >= 4 is 5.91 Å². The number of nitrogens with zero attached hydrogens (tertiary/aromatic N) is 2. The van der Waals surface area contributed by atoms with Gasteiger partial charge in [0.05, 0.1) is 0 Å². The van der Waals surface area contributed by atoms with Gasteiger partial charge in [0.25, 0.3) is 0 Å². The number of hydrogen-bond donors (Lipinski definition) is 0. The minimum atomic E-state index is 0.191. The van der Waals surface area contributed by atoms with Gasteiger partial charge in [-0.2, -0.15) is 0 Å². The predicted octanol–water partition coefficient (Wildman–Crippen LogP) is 4.00. The zero-order valence-corrected chi connectivity index (χ0v) is 13.7. The van der Waals surface area contributed by atoms with E-state index >= 15 is 0 Å². The fourth-order valence-corrected chi connectivity index (χ4v) is 4.23. The van der Waals surface area contributed by atoms with Crippen molar-refractivity contribution < 1.29 is 4.79 Å². The van der Waals surface area contributed by atoms with E-state index in [1.54, 1.807) is 0 Å². The fourth-order valence-electron chi connectivity index (χ4n) is 4.23. The molecule has 1 amide bonds. The highest BCUT2D eigenvalue weighted by molar-refractivity contribution is 5.78. The van der Waals surface area contributed by atoms with Crippen molar-refractivity contribution in [2.45, 2.75) is 57.8 Å². The fraction of sp³-hybridized carbons (Fsp3) is 0.684. The zero-order chi connectivity index (χ0) is 15.4. The van der Waals surface area contributed by atoms with Crippen LogP contribution in [0.25, 0.3) is 0 Å². The molecule has 1 aromatic rings. The number of carbonyl (C=O) groups excluding carboxylic acids is 1. The van der Waals surface area contributed by atoms with E-state index in [1.165, 1.54) is 37.7 Å². The largest absolute Gasteiger partial charge is 0.342 e. The number of aromatic nitrogens is 1. The third-order valence-corrected chi connectivity index (χ3v) is 5.47. The number of rotatable bonds is 4. The van der Waals surface area contributed by atoms with Crippen LogP contribution < -0.4 is 0 Å². The van der Waals surface area contributed by atoms with Crippen LogP contribution in [0.1, 0.15) is 63.4 Å². The molecule has 2 unspecified atom stereocenters. The molecule has 1 aliphatic carbocycles. The lowest BCUT2D eigenvalue weighted by molar-refractivity contribution is -0.136. The minimum Gasteiger partial charge on any atom is -0.342 e. The van der Waals surface area contributed by atoms with E-state index in [9.17, 15) is 4.79 Å². The average molecular weight is 300 g/mol. The van der Waals surface area contributed by atoms with Gasteiger partial charge in [0, 0.05) is 37.3 Å². The Kier molecular flexibility index (Phi) is 5.12. The molecule has 0 spiro atoms. The third kappa shape index (κ3) is 3.68. The molecule has 1 saturated carbocycles. The monoisotopic (exact) mass is 300 g/mol. The van der Waals surface area contributed by atoms with Gasteiger partial charge in [0.15, 0.2) is 0 Å². The summed E-state index contributed by atoms with van der Waals surface area (Å²) in [5, 5.41) is 0. The van der Waals surface area contributed by atoms with Crippen molar-refractivity contribution in [3.8, 4) is 0 Å². The van der Waals surface area contributed by atoms with E-state index in [-0.39, 0.29) is 5.92 Å². The molecule has 2 fully saturated rings. The van der Waals surface area contributed by atoms with E-state index in [0.29, 0.717) is 11.8 Å². The van der Waals surface area contributed by atoms with Gasteiger partial charge in [-0.15, -0.1) is 0 Å². The summed E-state index contributed by atoms with van der Waals surface area (Å²) in [5.41, 5.74) is 1.28. The molecule has 1 aliphatic heterocycles. The lowest BCUT2D eigenvalue weighted by atomic mass is 9.89. The number of carbonyl (C=O) groups is 1. The second-order valence-electron chi connectivity index (χ2n) is 7.20. The summed E-state index contributed by atoms with van der Waals surface area (Å²) < 4.78 is 0. The van der Waals surface area contributed by atoms with Crippen LogP contribution in [0.2, 0.25) is 0 Å². The first kappa shape index (κ1) is 15.5. The molecule has 3 nitrogen and oxygen atoms in total. The van der Waals surface area contributed by atoms with Crippen LogP contribution in [0.4, 0.5) is 0 Å². The summed E-state index contributed by atoms with van der Waals surface area (Å²) >= 11 is 0. The summed E-state index contributed by atoms with van der Waals surface area (Å²) in [6, 6.07) is 4.15. The van der Waals surface area contributed by atoms with Crippen molar-refractivity contribution in [2.75, 3.05) is 13.1 Å². The first-order valence-corrected chi connectivity index (χ1v) is 8.92. The SMILES string of the molecule is CC(CC1CCCC1)C(=O)N1CCCC(c2cccnc2)C1. The summed E-state index contributed by atoms with van der Waals surface area (Å²) in [4.78, 5) is 19.1. The van der Waals surface area contributed by atoms with E-state index in [1.807, 2.05) is 18.5 Å². The van der Waals surface area contributed by atoms with Gasteiger partial charge in [0.2, 0.25) is 5.91 Å². The van der Waals surface area contributed by atoms with E-state index in [2.05, 4.69) is 22.9 Å². The molecule has 3 rings (SSSR count). The Bertz CT molecular complexity index is 481. The molecule has 22 heavy (non-hydrogen) atoms. The van der Waals surface area contributed by atoms with Crippen molar-refractivity contribution in [1.29, 1.82) is 0 Å². The van der Waals surface area contributed by atoms with Crippen molar-refractivity contribution in [1.82, 2.24) is 9.88 Å². The average Bonchev–Trinajstić information content (AvgIpc) is 3.08. The molecule has 120 valence electrons. The molecule has 1 saturated heterocycles. The van der Waals surface area contributed by atoms with Crippen LogP contribution in [0.15, 0.2) is 24.5 Å². The third-order valence-electron chi connectivity index (χ3n) is 5.47. The highest BCUT2D eigenvalue weighted by Crippen LogP contribution is 2.32. The molecule has 2 aliphatic rings. The Hall–Kier alpha value is -1.38.